The van der Waals surface area contributed by atoms with E-state index in [4.69, 9.17) is 11.6 Å². The van der Waals surface area contributed by atoms with Crippen LogP contribution in [0.3, 0.4) is 0 Å². The summed E-state index contributed by atoms with van der Waals surface area (Å²) in [6.45, 7) is 0.536. The van der Waals surface area contributed by atoms with Gasteiger partial charge in [-0.2, -0.15) is 18.3 Å². The zero-order valence-corrected chi connectivity index (χ0v) is 22.4. The molecule has 2 aromatic carbocycles. The molecule has 2 saturated heterocycles. The normalized spacial score (nSPS) is 19.3. The van der Waals surface area contributed by atoms with Crippen molar-refractivity contribution in [2.75, 3.05) is 32.8 Å². The molecule has 0 aliphatic carbocycles. The maximum Gasteiger partial charge on any atom is 0.416 e. The monoisotopic (exact) mass is 593 g/mol. The fourth-order valence-electron chi connectivity index (χ4n) is 4.63. The molecule has 9 nitrogen and oxygen atoms in total. The second-order valence-electron chi connectivity index (χ2n) is 9.36. The molecular formula is C26H23ClF3N5O4S. The van der Waals surface area contributed by atoms with Crippen molar-refractivity contribution < 1.29 is 32.7 Å². The number of hydrogen-bond donors (Lipinski definition) is 2. The van der Waals surface area contributed by atoms with E-state index in [2.05, 4.69) is 10.4 Å². The van der Waals surface area contributed by atoms with E-state index in [1.807, 2.05) is 0 Å². The number of benzene rings is 2. The van der Waals surface area contributed by atoms with E-state index in [-0.39, 0.29) is 47.1 Å². The molecule has 14 heteroatoms. The molecule has 0 bridgehead atoms. The van der Waals surface area contributed by atoms with Crippen LogP contribution in [0.2, 0.25) is 5.02 Å². The lowest BCUT2D eigenvalue weighted by Gasteiger charge is -2.33. The van der Waals surface area contributed by atoms with Crippen LogP contribution in [0.4, 0.5) is 18.0 Å². The van der Waals surface area contributed by atoms with Crippen molar-refractivity contribution >= 4 is 57.4 Å². The highest BCUT2D eigenvalue weighted by Crippen LogP contribution is 2.35. The van der Waals surface area contributed by atoms with Gasteiger partial charge in [0.1, 0.15) is 6.54 Å². The van der Waals surface area contributed by atoms with Gasteiger partial charge in [0.05, 0.1) is 35.3 Å². The number of hydrogen-bond acceptors (Lipinski definition) is 7. The first kappa shape index (κ1) is 28.1. The molecule has 40 heavy (non-hydrogen) atoms. The summed E-state index contributed by atoms with van der Waals surface area (Å²) in [4.78, 5) is 40.7. The Kier molecular flexibility index (Phi) is 7.91. The second-order valence-corrected chi connectivity index (χ2v) is 10.8. The van der Waals surface area contributed by atoms with E-state index < -0.39 is 29.4 Å². The van der Waals surface area contributed by atoms with Crippen LogP contribution >= 0.6 is 23.4 Å². The number of nitrogens with one attached hydrogen (secondary N) is 1. The molecule has 5 rings (SSSR count). The highest BCUT2D eigenvalue weighted by atomic mass is 35.5. The maximum absolute atomic E-state index is 13.5. The zero-order chi connectivity index (χ0) is 28.6. The standard InChI is InChI=1S/C26H23ClF3N5O4S/c27-18-3-2-16(20(9-18)26(28,29)30)11-35-21-4-1-15(7-17(21)10-32-35)8-22-24(38)34(25(39)40-22)13-23(37)33-6-5-31-19(12-33)14-36/h1-4,7-10,19,31,36H,5-6,11-14H2/b22-8-/t19-/m1/s1. The zero-order valence-electron chi connectivity index (χ0n) is 20.8. The van der Waals surface area contributed by atoms with Crippen LogP contribution in [0.5, 0.6) is 0 Å². The molecule has 0 spiro atoms. The average molecular weight is 594 g/mol. The van der Waals surface area contributed by atoms with Crippen molar-refractivity contribution in [2.24, 2.45) is 0 Å². The molecule has 3 aromatic rings. The summed E-state index contributed by atoms with van der Waals surface area (Å²) in [7, 11) is 0. The number of alkyl halides is 3. The van der Waals surface area contributed by atoms with Crippen molar-refractivity contribution in [3.05, 3.63) is 69.2 Å². The number of nitrogens with zero attached hydrogens (tertiary/aromatic N) is 4. The summed E-state index contributed by atoms with van der Waals surface area (Å²) in [6, 6.07) is 8.39. The Morgan fingerprint density at radius 2 is 2.02 bits per heavy atom. The summed E-state index contributed by atoms with van der Waals surface area (Å²) in [5.74, 6) is -0.970. The van der Waals surface area contributed by atoms with Gasteiger partial charge in [-0.1, -0.05) is 23.7 Å². The van der Waals surface area contributed by atoms with E-state index in [0.29, 0.717) is 29.6 Å². The van der Waals surface area contributed by atoms with Crippen molar-refractivity contribution in [1.29, 1.82) is 0 Å². The van der Waals surface area contributed by atoms with E-state index in [0.717, 1.165) is 22.7 Å². The number of thioether (sulfide) groups is 1. The van der Waals surface area contributed by atoms with Crippen LogP contribution < -0.4 is 5.32 Å². The fraction of sp³-hybridized carbons (Fsp3) is 0.308. The summed E-state index contributed by atoms with van der Waals surface area (Å²) in [5.41, 5.74) is 0.344. The lowest BCUT2D eigenvalue weighted by atomic mass is 10.1. The van der Waals surface area contributed by atoms with Crippen molar-refractivity contribution in [1.82, 2.24) is 24.9 Å². The quantitative estimate of drug-likeness (QED) is 0.421. The molecule has 1 atom stereocenters. The highest BCUT2D eigenvalue weighted by molar-refractivity contribution is 8.18. The Morgan fingerprint density at radius 3 is 2.77 bits per heavy atom. The van der Waals surface area contributed by atoms with Crippen LogP contribution in [-0.4, -0.2) is 80.6 Å². The number of rotatable bonds is 6. The summed E-state index contributed by atoms with van der Waals surface area (Å²) in [5, 5.41) is 16.7. The molecule has 210 valence electrons. The van der Waals surface area contributed by atoms with Gasteiger partial charge in [-0.05, 0) is 53.2 Å². The van der Waals surface area contributed by atoms with Crippen LogP contribution in [0, 0.1) is 0 Å². The fourth-order valence-corrected chi connectivity index (χ4v) is 5.64. The Hall–Kier alpha value is -3.39. The number of aliphatic hydroxyl groups excluding tert-OH is 1. The first-order valence-electron chi connectivity index (χ1n) is 12.2. The molecule has 3 heterocycles. The van der Waals surface area contributed by atoms with Gasteiger partial charge in [-0.15, -0.1) is 0 Å². The van der Waals surface area contributed by atoms with Crippen molar-refractivity contribution in [3.63, 3.8) is 0 Å². The lowest BCUT2D eigenvalue weighted by molar-refractivity contribution is -0.138. The second kappa shape index (κ2) is 11.2. The highest BCUT2D eigenvalue weighted by Gasteiger charge is 2.38. The predicted molar refractivity (Wildman–Crippen MR) is 143 cm³/mol. The largest absolute Gasteiger partial charge is 0.416 e. The first-order chi connectivity index (χ1) is 19.0. The third kappa shape index (κ3) is 5.87. The number of amides is 3. The Morgan fingerprint density at radius 1 is 1.23 bits per heavy atom. The maximum atomic E-state index is 13.5. The van der Waals surface area contributed by atoms with Gasteiger partial charge in [-0.25, -0.2) is 0 Å². The number of aliphatic hydroxyl groups is 1. The summed E-state index contributed by atoms with van der Waals surface area (Å²) >= 11 is 6.50. The summed E-state index contributed by atoms with van der Waals surface area (Å²) < 4.78 is 42.0. The van der Waals surface area contributed by atoms with Crippen LogP contribution in [0.15, 0.2) is 47.5 Å². The molecule has 2 N–H and O–H groups in total. The van der Waals surface area contributed by atoms with Gasteiger partial charge >= 0.3 is 6.18 Å². The molecule has 0 saturated carbocycles. The van der Waals surface area contributed by atoms with Gasteiger partial charge in [-0.3, -0.25) is 24.0 Å². The number of imide groups is 1. The predicted octanol–water partition coefficient (Wildman–Crippen LogP) is 3.59. The van der Waals surface area contributed by atoms with Crippen LogP contribution in [-0.2, 0) is 22.3 Å². The first-order valence-corrected chi connectivity index (χ1v) is 13.4. The van der Waals surface area contributed by atoms with E-state index in [1.54, 1.807) is 18.2 Å². The number of carbonyl (C=O) groups excluding carboxylic acids is 3. The van der Waals surface area contributed by atoms with Crippen LogP contribution in [0.1, 0.15) is 16.7 Å². The van der Waals surface area contributed by atoms with E-state index >= 15 is 0 Å². The number of piperazine rings is 1. The molecule has 0 radical (unpaired) electrons. The van der Waals surface area contributed by atoms with Crippen molar-refractivity contribution in [3.8, 4) is 0 Å². The summed E-state index contributed by atoms with van der Waals surface area (Å²) in [6.07, 6.45) is -1.54. The number of aromatic nitrogens is 2. The molecule has 0 unspecified atom stereocenters. The van der Waals surface area contributed by atoms with Gasteiger partial charge < -0.3 is 15.3 Å². The minimum atomic E-state index is -4.57. The smallest absolute Gasteiger partial charge is 0.395 e. The molecule has 3 amide bonds. The van der Waals surface area contributed by atoms with Crippen molar-refractivity contribution in [2.45, 2.75) is 18.8 Å². The third-order valence-electron chi connectivity index (χ3n) is 6.66. The Bertz CT molecular complexity index is 1530. The number of carbonyl (C=O) groups is 3. The van der Waals surface area contributed by atoms with Gasteiger partial charge in [0, 0.05) is 36.1 Å². The molecular weight excluding hydrogens is 571 g/mol. The molecule has 2 aliphatic heterocycles. The lowest BCUT2D eigenvalue weighted by Crippen LogP contribution is -2.55. The van der Waals surface area contributed by atoms with Gasteiger partial charge in [0.2, 0.25) is 5.91 Å². The molecule has 1 aromatic heterocycles. The van der Waals surface area contributed by atoms with Gasteiger partial charge in [0.25, 0.3) is 11.1 Å². The number of halogens is 4. The Balaban J connectivity index is 1.31. The van der Waals surface area contributed by atoms with Crippen LogP contribution in [0.25, 0.3) is 17.0 Å². The Labute approximate surface area is 235 Å². The number of fused-ring (bicyclic) bond motifs is 1. The van der Waals surface area contributed by atoms with Gasteiger partial charge in [0.15, 0.2) is 0 Å². The minimum absolute atomic E-state index is 0.0149. The molecule has 2 aliphatic rings. The minimum Gasteiger partial charge on any atom is -0.395 e. The topological polar surface area (TPSA) is 108 Å². The molecule has 2 fully saturated rings. The van der Waals surface area contributed by atoms with E-state index in [1.165, 1.54) is 34.0 Å². The SMILES string of the molecule is O=C(CN1C(=O)S/C(=C\c2ccc3c(cnn3Cc3ccc(Cl)cc3C(F)(F)F)c2)C1=O)N1CCN[C@@H](CO)C1. The third-order valence-corrected chi connectivity index (χ3v) is 7.80. The van der Waals surface area contributed by atoms with E-state index in [9.17, 15) is 32.7 Å². The average Bonchev–Trinajstić information content (AvgIpc) is 3.44.